The van der Waals surface area contributed by atoms with Crippen LogP contribution in [0.1, 0.15) is 10.4 Å². The smallest absolute Gasteiger partial charge is 0.255 e. The minimum absolute atomic E-state index is 0.0199. The van der Waals surface area contributed by atoms with Crippen LogP contribution < -0.4 is 5.32 Å². The fourth-order valence-corrected chi connectivity index (χ4v) is 2.31. The number of rotatable bonds is 2. The second-order valence-corrected chi connectivity index (χ2v) is 5.11. The van der Waals surface area contributed by atoms with Crippen LogP contribution in [0, 0.1) is 0 Å². The highest BCUT2D eigenvalue weighted by atomic mass is 35.5. The van der Waals surface area contributed by atoms with Gasteiger partial charge in [-0.1, -0.05) is 41.9 Å². The second-order valence-electron chi connectivity index (χ2n) is 4.68. The predicted octanol–water partition coefficient (Wildman–Crippen LogP) is 4.45. The Balaban J connectivity index is 1.91. The number of hydrogen-bond donors (Lipinski definition) is 2. The number of halogens is 1. The average Bonchev–Trinajstić information content (AvgIpc) is 2.50. The van der Waals surface area contributed by atoms with Gasteiger partial charge in [-0.15, -0.1) is 0 Å². The largest absolute Gasteiger partial charge is 0.506 e. The molecule has 3 aromatic carbocycles. The Morgan fingerprint density at radius 3 is 2.52 bits per heavy atom. The zero-order valence-corrected chi connectivity index (χ0v) is 11.8. The summed E-state index contributed by atoms with van der Waals surface area (Å²) in [6.07, 6.45) is 0. The molecule has 0 aliphatic heterocycles. The number of hydrogen-bond acceptors (Lipinski definition) is 2. The van der Waals surface area contributed by atoms with E-state index >= 15 is 0 Å². The first-order chi connectivity index (χ1) is 10.1. The summed E-state index contributed by atoms with van der Waals surface area (Å²) in [7, 11) is 0. The van der Waals surface area contributed by atoms with Crippen molar-refractivity contribution in [3.63, 3.8) is 0 Å². The maximum absolute atomic E-state index is 12.3. The highest BCUT2D eigenvalue weighted by Crippen LogP contribution is 2.27. The first-order valence-electron chi connectivity index (χ1n) is 6.42. The molecule has 0 bridgehead atoms. The van der Waals surface area contributed by atoms with Gasteiger partial charge in [0, 0.05) is 10.6 Å². The molecule has 4 heteroatoms. The summed E-state index contributed by atoms with van der Waals surface area (Å²) in [5.41, 5.74) is 0.814. The number of phenols is 1. The van der Waals surface area contributed by atoms with Crippen molar-refractivity contribution in [1.82, 2.24) is 0 Å². The maximum Gasteiger partial charge on any atom is 0.255 e. The molecule has 2 N–H and O–H groups in total. The van der Waals surface area contributed by atoms with Crippen LogP contribution in [0.15, 0.2) is 60.7 Å². The minimum atomic E-state index is -0.293. The van der Waals surface area contributed by atoms with Crippen LogP contribution in [0.2, 0.25) is 5.02 Å². The van der Waals surface area contributed by atoms with E-state index in [1.165, 1.54) is 12.1 Å². The number of amides is 1. The lowest BCUT2D eigenvalue weighted by Crippen LogP contribution is -2.11. The van der Waals surface area contributed by atoms with Crippen LogP contribution >= 0.6 is 11.6 Å². The van der Waals surface area contributed by atoms with Gasteiger partial charge in [0.05, 0.1) is 5.69 Å². The molecular weight excluding hydrogens is 286 g/mol. The fraction of sp³-hybridized carbons (Fsp3) is 0. The molecule has 3 rings (SSSR count). The van der Waals surface area contributed by atoms with Crippen molar-refractivity contribution in [1.29, 1.82) is 0 Å². The first kappa shape index (κ1) is 13.5. The molecule has 0 spiro atoms. The third-order valence-corrected chi connectivity index (χ3v) is 3.45. The monoisotopic (exact) mass is 297 g/mol. The normalized spacial score (nSPS) is 10.5. The van der Waals surface area contributed by atoms with E-state index in [2.05, 4.69) is 5.32 Å². The molecule has 3 nitrogen and oxygen atoms in total. The van der Waals surface area contributed by atoms with Crippen LogP contribution in [0.4, 0.5) is 5.69 Å². The van der Waals surface area contributed by atoms with Gasteiger partial charge in [-0.2, -0.15) is 0 Å². The molecule has 0 saturated heterocycles. The van der Waals surface area contributed by atoms with E-state index in [9.17, 15) is 9.90 Å². The van der Waals surface area contributed by atoms with Crippen molar-refractivity contribution in [3.05, 3.63) is 71.2 Å². The Bertz CT molecular complexity index is 830. The van der Waals surface area contributed by atoms with Gasteiger partial charge < -0.3 is 10.4 Å². The van der Waals surface area contributed by atoms with E-state index < -0.39 is 0 Å². The molecule has 0 aliphatic carbocycles. The molecule has 0 aliphatic rings. The van der Waals surface area contributed by atoms with Crippen LogP contribution in [-0.2, 0) is 0 Å². The summed E-state index contributed by atoms with van der Waals surface area (Å²) in [4.78, 5) is 12.3. The minimum Gasteiger partial charge on any atom is -0.506 e. The first-order valence-corrected chi connectivity index (χ1v) is 6.80. The third kappa shape index (κ3) is 2.83. The van der Waals surface area contributed by atoms with Crippen molar-refractivity contribution in [2.45, 2.75) is 0 Å². The van der Waals surface area contributed by atoms with Crippen molar-refractivity contribution < 1.29 is 9.90 Å². The predicted molar refractivity (Wildman–Crippen MR) is 85.0 cm³/mol. The van der Waals surface area contributed by atoms with Crippen molar-refractivity contribution in [2.75, 3.05) is 5.32 Å². The Morgan fingerprint density at radius 1 is 0.952 bits per heavy atom. The number of anilines is 1. The molecule has 1 amide bonds. The summed E-state index contributed by atoms with van der Waals surface area (Å²) in [6, 6.07) is 17.8. The molecule has 21 heavy (non-hydrogen) atoms. The number of aromatic hydroxyl groups is 1. The Hall–Kier alpha value is -2.52. The number of carbonyl (C=O) groups is 1. The summed E-state index contributed by atoms with van der Waals surface area (Å²) in [6.45, 7) is 0. The van der Waals surface area contributed by atoms with E-state index in [0.29, 0.717) is 16.3 Å². The standard InChI is InChI=1S/C17H12ClNO2/c18-14-7-8-16(20)15(10-14)19-17(21)13-6-5-11-3-1-2-4-12(11)9-13/h1-10,20H,(H,19,21). The van der Waals surface area contributed by atoms with Gasteiger partial charge in [-0.05, 0) is 41.1 Å². The van der Waals surface area contributed by atoms with Crippen LogP contribution in [0.3, 0.4) is 0 Å². The van der Waals surface area contributed by atoms with Gasteiger partial charge in [-0.3, -0.25) is 4.79 Å². The SMILES string of the molecule is O=C(Nc1cc(Cl)ccc1O)c1ccc2ccccc2c1. The molecule has 0 fully saturated rings. The van der Waals surface area contributed by atoms with Crippen molar-refractivity contribution >= 4 is 34.0 Å². The average molecular weight is 298 g/mol. The van der Waals surface area contributed by atoms with E-state index in [-0.39, 0.29) is 11.7 Å². The summed E-state index contributed by atoms with van der Waals surface area (Å²) in [5, 5.41) is 14.9. The summed E-state index contributed by atoms with van der Waals surface area (Å²) >= 11 is 5.86. The lowest BCUT2D eigenvalue weighted by Gasteiger charge is -2.08. The van der Waals surface area contributed by atoms with Crippen LogP contribution in [0.25, 0.3) is 10.8 Å². The van der Waals surface area contributed by atoms with E-state index in [4.69, 9.17) is 11.6 Å². The zero-order valence-electron chi connectivity index (χ0n) is 11.0. The lowest BCUT2D eigenvalue weighted by molar-refractivity contribution is 0.102. The molecular formula is C17H12ClNO2. The quantitative estimate of drug-likeness (QED) is 0.687. The van der Waals surface area contributed by atoms with Gasteiger partial charge in [0.25, 0.3) is 5.91 Å². The van der Waals surface area contributed by atoms with Gasteiger partial charge in [0.2, 0.25) is 0 Å². The topological polar surface area (TPSA) is 49.3 Å². The number of carbonyl (C=O) groups excluding carboxylic acids is 1. The van der Waals surface area contributed by atoms with Crippen LogP contribution in [0.5, 0.6) is 5.75 Å². The molecule has 0 saturated carbocycles. The summed E-state index contributed by atoms with van der Waals surface area (Å²) < 4.78 is 0. The highest BCUT2D eigenvalue weighted by molar-refractivity contribution is 6.31. The van der Waals surface area contributed by atoms with Gasteiger partial charge >= 0.3 is 0 Å². The molecule has 104 valence electrons. The van der Waals surface area contributed by atoms with Gasteiger partial charge in [0.1, 0.15) is 5.75 Å². The number of nitrogens with one attached hydrogen (secondary N) is 1. The molecule has 0 unspecified atom stereocenters. The van der Waals surface area contributed by atoms with Gasteiger partial charge in [0.15, 0.2) is 0 Å². The third-order valence-electron chi connectivity index (χ3n) is 3.22. The van der Waals surface area contributed by atoms with Crippen molar-refractivity contribution in [2.24, 2.45) is 0 Å². The molecule has 0 heterocycles. The Morgan fingerprint density at radius 2 is 1.71 bits per heavy atom. The zero-order chi connectivity index (χ0) is 14.8. The Labute approximate surface area is 126 Å². The molecule has 3 aromatic rings. The molecule has 0 radical (unpaired) electrons. The Kier molecular flexibility index (Phi) is 3.50. The van der Waals surface area contributed by atoms with Crippen LogP contribution in [-0.4, -0.2) is 11.0 Å². The lowest BCUT2D eigenvalue weighted by atomic mass is 10.1. The van der Waals surface area contributed by atoms with E-state index in [0.717, 1.165) is 10.8 Å². The van der Waals surface area contributed by atoms with E-state index in [1.54, 1.807) is 12.1 Å². The second kappa shape index (κ2) is 5.46. The van der Waals surface area contributed by atoms with Crippen molar-refractivity contribution in [3.8, 4) is 5.75 Å². The number of phenolic OH excluding ortho intramolecular Hbond substituents is 1. The van der Waals surface area contributed by atoms with Gasteiger partial charge in [-0.25, -0.2) is 0 Å². The maximum atomic E-state index is 12.3. The molecule has 0 atom stereocenters. The number of fused-ring (bicyclic) bond motifs is 1. The fourth-order valence-electron chi connectivity index (χ4n) is 2.13. The number of benzene rings is 3. The molecule has 0 aromatic heterocycles. The van der Waals surface area contributed by atoms with E-state index in [1.807, 2.05) is 36.4 Å². The summed E-state index contributed by atoms with van der Waals surface area (Å²) in [5.74, 6) is -0.313. The highest BCUT2D eigenvalue weighted by Gasteiger charge is 2.10.